The lowest BCUT2D eigenvalue weighted by Crippen LogP contribution is -1.95. The molecule has 0 saturated heterocycles. The van der Waals surface area contributed by atoms with Crippen molar-refractivity contribution in [3.8, 4) is 56.1 Å². The van der Waals surface area contributed by atoms with Gasteiger partial charge in [0.05, 0.1) is 44.1 Å². The first kappa shape index (κ1) is 42.4. The summed E-state index contributed by atoms with van der Waals surface area (Å²) in [5, 5.41) is 9.96. The molecule has 0 amide bonds. The van der Waals surface area contributed by atoms with E-state index in [1.54, 1.807) is 0 Å². The standard InChI is InChI=1S/C72H46N4/c1-4-16-53(17-5-1)74-65-25-13-10-22-57(65)60-38-31-50(44-69(60)74)48-34-41-68-64(42-48)59-24-12-15-27-67(59)73(68)56-35-28-47(29-36-56)49-30-37-62-63-40-33-52(46-72(63)76(71(62)43-49)55-20-8-3-9-21-55)51-32-39-61-58-23-11-14-26-66(58)75(70(61)45-51)54-18-6-2-7-19-54/h1-46H. The predicted molar refractivity (Wildman–Crippen MR) is 320 cm³/mol. The molecule has 0 aliphatic carbocycles. The zero-order valence-corrected chi connectivity index (χ0v) is 41.3. The number of para-hydroxylation sites is 6. The molecule has 0 aliphatic rings. The lowest BCUT2D eigenvalue weighted by atomic mass is 10.0. The summed E-state index contributed by atoms with van der Waals surface area (Å²) in [5.41, 5.74) is 21.3. The maximum atomic E-state index is 2.44. The number of aromatic nitrogens is 4. The molecule has 0 radical (unpaired) electrons. The van der Waals surface area contributed by atoms with Crippen molar-refractivity contribution in [3.63, 3.8) is 0 Å². The maximum Gasteiger partial charge on any atom is 0.0547 e. The molecule has 4 aromatic heterocycles. The van der Waals surface area contributed by atoms with Gasteiger partial charge in [-0.1, -0.05) is 176 Å². The van der Waals surface area contributed by atoms with Gasteiger partial charge < -0.3 is 18.3 Å². The van der Waals surface area contributed by atoms with Crippen molar-refractivity contribution in [2.75, 3.05) is 0 Å². The van der Waals surface area contributed by atoms with Gasteiger partial charge in [-0.2, -0.15) is 0 Å². The van der Waals surface area contributed by atoms with Gasteiger partial charge in [0.2, 0.25) is 0 Å². The Hall–Kier alpha value is -10.2. The number of hydrogen-bond acceptors (Lipinski definition) is 0. The van der Waals surface area contributed by atoms with Gasteiger partial charge in [-0.3, -0.25) is 0 Å². The molecular weight excluding hydrogens is 921 g/mol. The van der Waals surface area contributed by atoms with E-state index in [0.29, 0.717) is 0 Å². The van der Waals surface area contributed by atoms with Crippen LogP contribution in [0.4, 0.5) is 0 Å². The highest BCUT2D eigenvalue weighted by Gasteiger charge is 2.19. The Morgan fingerprint density at radius 2 is 0.395 bits per heavy atom. The van der Waals surface area contributed by atoms with Crippen molar-refractivity contribution in [2.24, 2.45) is 0 Å². The lowest BCUT2D eigenvalue weighted by molar-refractivity contribution is 1.18. The zero-order valence-electron chi connectivity index (χ0n) is 41.3. The highest BCUT2D eigenvalue weighted by atomic mass is 15.0. The number of hydrogen-bond donors (Lipinski definition) is 0. The van der Waals surface area contributed by atoms with Crippen LogP contribution >= 0.6 is 0 Å². The molecule has 12 aromatic carbocycles. The molecule has 4 heterocycles. The van der Waals surface area contributed by atoms with Crippen molar-refractivity contribution < 1.29 is 0 Å². The number of rotatable bonds is 7. The first-order chi connectivity index (χ1) is 37.7. The second kappa shape index (κ2) is 16.7. The molecule has 0 saturated carbocycles. The van der Waals surface area contributed by atoms with E-state index in [0.717, 1.165) is 22.7 Å². The van der Waals surface area contributed by atoms with Crippen LogP contribution < -0.4 is 0 Å². The molecule has 0 bridgehead atoms. The van der Waals surface area contributed by atoms with E-state index in [-0.39, 0.29) is 0 Å². The Balaban J connectivity index is 0.784. The molecule has 0 N–H and O–H groups in total. The Kier molecular flexibility index (Phi) is 9.30. The van der Waals surface area contributed by atoms with Crippen LogP contribution in [0.5, 0.6) is 0 Å². The zero-order chi connectivity index (χ0) is 49.8. The molecule has 0 unspecified atom stereocenters. The van der Waals surface area contributed by atoms with E-state index in [1.165, 1.54) is 121 Å². The van der Waals surface area contributed by atoms with E-state index in [9.17, 15) is 0 Å². The average molecular weight is 967 g/mol. The molecule has 4 heteroatoms. The first-order valence-electron chi connectivity index (χ1n) is 26.2. The predicted octanol–water partition coefficient (Wildman–Crippen LogP) is 19.1. The third kappa shape index (κ3) is 6.44. The quantitative estimate of drug-likeness (QED) is 0.152. The Morgan fingerprint density at radius 3 is 0.803 bits per heavy atom. The highest BCUT2D eigenvalue weighted by molar-refractivity contribution is 6.15. The van der Waals surface area contributed by atoms with Gasteiger partial charge in [0, 0.05) is 65.8 Å². The fraction of sp³-hybridized carbons (Fsp3) is 0. The van der Waals surface area contributed by atoms with Gasteiger partial charge in [0.15, 0.2) is 0 Å². The Bertz CT molecular complexity index is 4960. The highest BCUT2D eigenvalue weighted by Crippen LogP contribution is 2.42. The van der Waals surface area contributed by atoms with Crippen LogP contribution in [0.1, 0.15) is 0 Å². The summed E-state index contributed by atoms with van der Waals surface area (Å²) in [7, 11) is 0. The molecule has 0 fully saturated rings. The van der Waals surface area contributed by atoms with Crippen LogP contribution in [0.3, 0.4) is 0 Å². The van der Waals surface area contributed by atoms with Gasteiger partial charge in [0.1, 0.15) is 0 Å². The Labute approximate surface area is 438 Å². The molecule has 16 aromatic rings. The summed E-state index contributed by atoms with van der Waals surface area (Å²) in [6, 6.07) is 102. The monoisotopic (exact) mass is 966 g/mol. The average Bonchev–Trinajstić information content (AvgIpc) is 4.30. The lowest BCUT2D eigenvalue weighted by Gasteiger charge is -2.12. The van der Waals surface area contributed by atoms with E-state index in [2.05, 4.69) is 297 Å². The van der Waals surface area contributed by atoms with Crippen LogP contribution in [0.25, 0.3) is 143 Å². The van der Waals surface area contributed by atoms with Crippen LogP contribution in [-0.4, -0.2) is 18.3 Å². The van der Waals surface area contributed by atoms with Crippen LogP contribution in [0.15, 0.2) is 279 Å². The van der Waals surface area contributed by atoms with Crippen molar-refractivity contribution in [1.29, 1.82) is 0 Å². The third-order valence-electron chi connectivity index (χ3n) is 16.0. The summed E-state index contributed by atoms with van der Waals surface area (Å²) in [5.74, 6) is 0. The minimum atomic E-state index is 1.13. The minimum absolute atomic E-state index is 1.13. The van der Waals surface area contributed by atoms with E-state index < -0.39 is 0 Å². The third-order valence-corrected chi connectivity index (χ3v) is 16.0. The summed E-state index contributed by atoms with van der Waals surface area (Å²) < 4.78 is 9.66. The fourth-order valence-electron chi connectivity index (χ4n) is 12.5. The van der Waals surface area contributed by atoms with Crippen molar-refractivity contribution in [2.45, 2.75) is 0 Å². The van der Waals surface area contributed by atoms with Gasteiger partial charge in [-0.05, 0) is 137 Å². The number of benzene rings is 12. The molecular formula is C72H46N4. The fourth-order valence-corrected chi connectivity index (χ4v) is 12.5. The summed E-state index contributed by atoms with van der Waals surface area (Å²) in [6.07, 6.45) is 0. The van der Waals surface area contributed by atoms with Crippen molar-refractivity contribution >= 4 is 87.2 Å². The second-order valence-electron chi connectivity index (χ2n) is 20.1. The molecule has 4 nitrogen and oxygen atoms in total. The second-order valence-corrected chi connectivity index (χ2v) is 20.1. The van der Waals surface area contributed by atoms with Crippen molar-refractivity contribution in [3.05, 3.63) is 279 Å². The van der Waals surface area contributed by atoms with E-state index >= 15 is 0 Å². The molecule has 0 spiro atoms. The van der Waals surface area contributed by atoms with Gasteiger partial charge in [-0.15, -0.1) is 0 Å². The molecule has 0 aliphatic heterocycles. The molecule has 354 valence electrons. The van der Waals surface area contributed by atoms with Gasteiger partial charge in [-0.25, -0.2) is 0 Å². The molecule has 16 rings (SSSR count). The number of fused-ring (bicyclic) bond motifs is 12. The van der Waals surface area contributed by atoms with Crippen molar-refractivity contribution in [1.82, 2.24) is 18.3 Å². The van der Waals surface area contributed by atoms with Crippen LogP contribution in [-0.2, 0) is 0 Å². The minimum Gasteiger partial charge on any atom is -0.309 e. The molecule has 0 atom stereocenters. The topological polar surface area (TPSA) is 19.7 Å². The molecule has 76 heavy (non-hydrogen) atoms. The number of nitrogens with zero attached hydrogens (tertiary/aromatic N) is 4. The first-order valence-corrected chi connectivity index (χ1v) is 26.2. The summed E-state index contributed by atoms with van der Waals surface area (Å²) in [6.45, 7) is 0. The van der Waals surface area contributed by atoms with Crippen LogP contribution in [0.2, 0.25) is 0 Å². The summed E-state index contributed by atoms with van der Waals surface area (Å²) >= 11 is 0. The SMILES string of the molecule is c1ccc(-n2c3ccccc3c3ccc(-c4ccc5c(c4)c4ccccc4n5-c4ccc(-c5ccc6c7ccc(-c8ccc9c%10ccccc%10n(-c%10ccccc%10)c9c8)cc7n(-c7ccccc7)c6c5)cc4)cc32)cc1. The van der Waals surface area contributed by atoms with Gasteiger partial charge in [0.25, 0.3) is 0 Å². The van der Waals surface area contributed by atoms with Crippen LogP contribution in [0, 0.1) is 0 Å². The Morgan fingerprint density at radius 1 is 0.145 bits per heavy atom. The summed E-state index contributed by atoms with van der Waals surface area (Å²) in [4.78, 5) is 0. The maximum absolute atomic E-state index is 2.44. The normalized spacial score (nSPS) is 11.9. The largest absolute Gasteiger partial charge is 0.309 e. The van der Waals surface area contributed by atoms with E-state index in [1.807, 2.05) is 0 Å². The van der Waals surface area contributed by atoms with Gasteiger partial charge >= 0.3 is 0 Å². The smallest absolute Gasteiger partial charge is 0.0547 e. The van der Waals surface area contributed by atoms with E-state index in [4.69, 9.17) is 0 Å².